The van der Waals surface area contributed by atoms with E-state index >= 15 is 0 Å². The van der Waals surface area contributed by atoms with Crippen molar-refractivity contribution in [1.82, 2.24) is 4.90 Å². The summed E-state index contributed by atoms with van der Waals surface area (Å²) in [5, 5.41) is 13.6. The van der Waals surface area contributed by atoms with Gasteiger partial charge >= 0.3 is 0 Å². The van der Waals surface area contributed by atoms with E-state index in [4.69, 9.17) is 0 Å². The molecule has 0 atom stereocenters. The fourth-order valence-corrected chi connectivity index (χ4v) is 2.23. The molecule has 0 unspecified atom stereocenters. The van der Waals surface area contributed by atoms with Crippen molar-refractivity contribution >= 4 is 5.69 Å². The van der Waals surface area contributed by atoms with Crippen LogP contribution in [0.3, 0.4) is 0 Å². The van der Waals surface area contributed by atoms with Gasteiger partial charge in [-0.3, -0.25) is 0 Å². The van der Waals surface area contributed by atoms with Gasteiger partial charge in [0.25, 0.3) is 0 Å². The number of nitrogens with zero attached hydrogens (tertiary/aromatic N) is 1. The lowest BCUT2D eigenvalue weighted by Gasteiger charge is -2.32. The number of hydrogen-bond acceptors (Lipinski definition) is 3. The third-order valence-electron chi connectivity index (χ3n) is 3.65. The number of para-hydroxylation sites is 1. The fourth-order valence-electron chi connectivity index (χ4n) is 2.23. The molecule has 2 rings (SSSR count). The molecule has 1 aliphatic heterocycles. The molecule has 1 aliphatic rings. The van der Waals surface area contributed by atoms with E-state index in [-0.39, 0.29) is 0 Å². The molecule has 0 bridgehead atoms. The van der Waals surface area contributed by atoms with Gasteiger partial charge in [0.1, 0.15) is 5.60 Å². The van der Waals surface area contributed by atoms with Crippen LogP contribution in [-0.4, -0.2) is 42.3 Å². The molecule has 0 radical (unpaired) electrons. The Labute approximate surface area is 115 Å². The first-order valence-corrected chi connectivity index (χ1v) is 6.79. The van der Waals surface area contributed by atoms with E-state index in [2.05, 4.69) is 42.1 Å². The molecule has 1 aromatic carbocycles. The summed E-state index contributed by atoms with van der Waals surface area (Å²) in [6.07, 6.45) is 1.47. The Morgan fingerprint density at radius 1 is 1.32 bits per heavy atom. The number of anilines is 1. The zero-order valence-electron chi connectivity index (χ0n) is 11.7. The van der Waals surface area contributed by atoms with E-state index in [1.54, 1.807) is 0 Å². The van der Waals surface area contributed by atoms with E-state index in [9.17, 15) is 5.11 Å². The Morgan fingerprint density at radius 2 is 2.00 bits per heavy atom. The topological polar surface area (TPSA) is 35.5 Å². The lowest BCUT2D eigenvalue weighted by atomic mass is 9.92. The van der Waals surface area contributed by atoms with Crippen LogP contribution in [0.4, 0.5) is 5.69 Å². The van der Waals surface area contributed by atoms with E-state index in [0.717, 1.165) is 31.6 Å². The molecule has 3 nitrogen and oxygen atoms in total. The summed E-state index contributed by atoms with van der Waals surface area (Å²) in [6, 6.07) is 8.14. The van der Waals surface area contributed by atoms with Crippen molar-refractivity contribution in [3.8, 4) is 11.8 Å². The second-order valence-electron chi connectivity index (χ2n) is 5.31. The minimum absolute atomic E-state index is 0.572. The molecule has 102 valence electrons. The molecule has 0 aliphatic carbocycles. The van der Waals surface area contributed by atoms with Crippen molar-refractivity contribution in [1.29, 1.82) is 0 Å². The van der Waals surface area contributed by atoms with Gasteiger partial charge in [0.15, 0.2) is 0 Å². The largest absolute Gasteiger partial charge is 0.378 e. The van der Waals surface area contributed by atoms with Gasteiger partial charge in [-0.25, -0.2) is 0 Å². The molecule has 1 aromatic rings. The summed E-state index contributed by atoms with van der Waals surface area (Å²) in [5.41, 5.74) is 1.52. The molecular weight excluding hydrogens is 236 g/mol. The van der Waals surface area contributed by atoms with Crippen molar-refractivity contribution in [2.75, 3.05) is 32.0 Å². The van der Waals surface area contributed by atoms with Gasteiger partial charge in [0.05, 0.1) is 6.54 Å². The van der Waals surface area contributed by atoms with Gasteiger partial charge in [-0.05, 0) is 25.6 Å². The Bertz CT molecular complexity index is 479. The van der Waals surface area contributed by atoms with Crippen LogP contribution in [0.25, 0.3) is 0 Å². The predicted molar refractivity (Wildman–Crippen MR) is 79.1 cm³/mol. The number of hydrogen-bond donors (Lipinski definition) is 2. The molecule has 1 saturated heterocycles. The highest BCUT2D eigenvalue weighted by atomic mass is 16.3. The van der Waals surface area contributed by atoms with E-state index in [0.29, 0.717) is 6.54 Å². The third kappa shape index (κ3) is 3.99. The molecule has 0 spiro atoms. The monoisotopic (exact) mass is 258 g/mol. The second kappa shape index (κ2) is 6.10. The molecule has 1 heterocycles. The molecule has 0 saturated carbocycles. The average molecular weight is 258 g/mol. The Balaban J connectivity index is 1.86. The molecule has 0 amide bonds. The Morgan fingerprint density at radius 3 is 2.68 bits per heavy atom. The van der Waals surface area contributed by atoms with E-state index in [1.807, 2.05) is 18.2 Å². The highest BCUT2D eigenvalue weighted by Crippen LogP contribution is 2.20. The van der Waals surface area contributed by atoms with Crippen molar-refractivity contribution in [2.24, 2.45) is 0 Å². The van der Waals surface area contributed by atoms with Crippen LogP contribution in [0.2, 0.25) is 0 Å². The van der Waals surface area contributed by atoms with Crippen LogP contribution in [0.5, 0.6) is 0 Å². The van der Waals surface area contributed by atoms with Gasteiger partial charge in [-0.2, -0.15) is 0 Å². The average Bonchev–Trinajstić information content (AvgIpc) is 2.41. The van der Waals surface area contributed by atoms with Gasteiger partial charge < -0.3 is 15.3 Å². The second-order valence-corrected chi connectivity index (χ2v) is 5.31. The molecule has 19 heavy (non-hydrogen) atoms. The molecular formula is C16H22N2O. The van der Waals surface area contributed by atoms with Gasteiger partial charge in [0.2, 0.25) is 0 Å². The van der Waals surface area contributed by atoms with Crippen molar-refractivity contribution in [2.45, 2.75) is 25.4 Å². The number of piperidine rings is 1. The SMILES string of the molecule is Cc1ccccc1NCC#CC1(O)CCN(C)CC1. The number of benzene rings is 1. The standard InChI is InChI=1S/C16H22N2O/c1-14-6-3-4-7-15(14)17-11-5-8-16(19)9-12-18(2)13-10-16/h3-4,6-7,17,19H,9-13H2,1-2H3. The van der Waals surface area contributed by atoms with Crippen LogP contribution >= 0.6 is 0 Å². The van der Waals surface area contributed by atoms with Gasteiger partial charge in [0, 0.05) is 31.6 Å². The number of aliphatic hydroxyl groups is 1. The highest BCUT2D eigenvalue weighted by Gasteiger charge is 2.28. The third-order valence-corrected chi connectivity index (χ3v) is 3.65. The molecule has 1 fully saturated rings. The summed E-state index contributed by atoms with van der Waals surface area (Å²) in [6.45, 7) is 4.47. The minimum atomic E-state index is -0.792. The maximum atomic E-state index is 10.3. The summed E-state index contributed by atoms with van der Waals surface area (Å²) < 4.78 is 0. The maximum Gasteiger partial charge on any atom is 0.128 e. The molecule has 2 N–H and O–H groups in total. The zero-order chi connectivity index (χ0) is 13.7. The van der Waals surface area contributed by atoms with E-state index in [1.165, 1.54) is 5.56 Å². The normalized spacial score (nSPS) is 18.5. The Kier molecular flexibility index (Phi) is 4.47. The first kappa shape index (κ1) is 13.9. The van der Waals surface area contributed by atoms with E-state index < -0.39 is 5.60 Å². The smallest absolute Gasteiger partial charge is 0.128 e. The van der Waals surface area contributed by atoms with Crippen molar-refractivity contribution in [3.05, 3.63) is 29.8 Å². The predicted octanol–water partition coefficient (Wildman–Crippen LogP) is 1.87. The fraction of sp³-hybridized carbons (Fsp3) is 0.500. The number of likely N-dealkylation sites (tertiary alicyclic amines) is 1. The van der Waals surface area contributed by atoms with Crippen molar-refractivity contribution in [3.63, 3.8) is 0 Å². The summed E-state index contributed by atoms with van der Waals surface area (Å²) in [5.74, 6) is 6.08. The first-order valence-electron chi connectivity index (χ1n) is 6.79. The lowest BCUT2D eigenvalue weighted by molar-refractivity contribution is 0.0349. The number of rotatable bonds is 2. The van der Waals surface area contributed by atoms with Crippen molar-refractivity contribution < 1.29 is 5.11 Å². The lowest BCUT2D eigenvalue weighted by Crippen LogP contribution is -2.41. The minimum Gasteiger partial charge on any atom is -0.378 e. The van der Waals surface area contributed by atoms with Crippen LogP contribution in [0.1, 0.15) is 18.4 Å². The first-order chi connectivity index (χ1) is 9.09. The summed E-state index contributed by atoms with van der Waals surface area (Å²) in [4.78, 5) is 2.22. The zero-order valence-corrected chi connectivity index (χ0v) is 11.7. The van der Waals surface area contributed by atoms with Crippen LogP contribution in [0, 0.1) is 18.8 Å². The highest BCUT2D eigenvalue weighted by molar-refractivity contribution is 5.51. The number of nitrogens with one attached hydrogen (secondary N) is 1. The summed E-state index contributed by atoms with van der Waals surface area (Å²) >= 11 is 0. The van der Waals surface area contributed by atoms with Gasteiger partial charge in [-0.1, -0.05) is 30.0 Å². The Hall–Kier alpha value is -1.50. The van der Waals surface area contributed by atoms with Crippen LogP contribution in [-0.2, 0) is 0 Å². The molecule has 3 heteroatoms. The number of aryl methyl sites for hydroxylation is 1. The van der Waals surface area contributed by atoms with Gasteiger partial charge in [-0.15, -0.1) is 0 Å². The van der Waals surface area contributed by atoms with Crippen LogP contribution in [0.15, 0.2) is 24.3 Å². The maximum absolute atomic E-state index is 10.3. The molecule has 0 aromatic heterocycles. The summed E-state index contributed by atoms with van der Waals surface area (Å²) in [7, 11) is 2.08. The van der Waals surface area contributed by atoms with Crippen LogP contribution < -0.4 is 5.32 Å². The quantitative estimate of drug-likeness (QED) is 0.795.